The van der Waals surface area contributed by atoms with Crippen LogP contribution in [0.1, 0.15) is 11.1 Å². The molecule has 0 fully saturated rings. The lowest BCUT2D eigenvalue weighted by Gasteiger charge is -2.19. The monoisotopic (exact) mass is 408 g/mol. The summed E-state index contributed by atoms with van der Waals surface area (Å²) in [4.78, 5) is 10.5. The Morgan fingerprint density at radius 2 is 1.97 bits per heavy atom. The summed E-state index contributed by atoms with van der Waals surface area (Å²) in [6.07, 6.45) is 7.12. The summed E-state index contributed by atoms with van der Waals surface area (Å²) in [5.74, 6) is 0.480. The molecule has 0 spiro atoms. The lowest BCUT2D eigenvalue weighted by Crippen LogP contribution is -2.25. The molecule has 29 heavy (non-hydrogen) atoms. The van der Waals surface area contributed by atoms with Crippen LogP contribution < -0.4 is 4.74 Å². The first-order chi connectivity index (χ1) is 14.2. The Kier molecular flexibility index (Phi) is 4.66. The highest BCUT2D eigenvalue weighted by atomic mass is 35.5. The van der Waals surface area contributed by atoms with Gasteiger partial charge in [0.05, 0.1) is 10.5 Å². The Labute approximate surface area is 172 Å². The maximum absolute atomic E-state index is 13.5. The Hall–Kier alpha value is -2.96. The molecule has 5 rings (SSSR count). The Balaban J connectivity index is 1.51. The van der Waals surface area contributed by atoms with Gasteiger partial charge in [0.15, 0.2) is 0 Å². The van der Waals surface area contributed by atoms with Crippen molar-refractivity contribution >= 4 is 22.5 Å². The van der Waals surface area contributed by atoms with E-state index in [1.165, 1.54) is 18.5 Å². The molecule has 146 valence electrons. The number of fused-ring (bicyclic) bond motifs is 2. The van der Waals surface area contributed by atoms with E-state index in [0.29, 0.717) is 18.2 Å². The third-order valence-electron chi connectivity index (χ3n) is 5.10. The van der Waals surface area contributed by atoms with Crippen LogP contribution in [0.25, 0.3) is 16.6 Å². The fourth-order valence-corrected chi connectivity index (χ4v) is 4.08. The van der Waals surface area contributed by atoms with Crippen LogP contribution in [0.3, 0.4) is 0 Å². The summed E-state index contributed by atoms with van der Waals surface area (Å²) in [5, 5.41) is 1.42. The van der Waals surface area contributed by atoms with Gasteiger partial charge >= 0.3 is 0 Å². The van der Waals surface area contributed by atoms with E-state index in [9.17, 15) is 4.39 Å². The van der Waals surface area contributed by atoms with Gasteiger partial charge in [-0.1, -0.05) is 11.6 Å². The van der Waals surface area contributed by atoms with Gasteiger partial charge in [-0.2, -0.15) is 0 Å². The molecule has 3 heterocycles. The summed E-state index contributed by atoms with van der Waals surface area (Å²) in [5.41, 5.74) is 3.92. The number of hydrogen-bond acceptors (Lipinski definition) is 4. The summed E-state index contributed by atoms with van der Waals surface area (Å²) in [7, 11) is 0. The molecule has 0 atom stereocenters. The van der Waals surface area contributed by atoms with Crippen LogP contribution in [-0.4, -0.2) is 32.6 Å². The molecule has 0 amide bonds. The zero-order valence-corrected chi connectivity index (χ0v) is 16.3. The maximum atomic E-state index is 13.5. The third-order valence-corrected chi connectivity index (χ3v) is 5.38. The minimum atomic E-state index is -0.246. The van der Waals surface area contributed by atoms with Crippen molar-refractivity contribution in [1.29, 1.82) is 0 Å². The van der Waals surface area contributed by atoms with Gasteiger partial charge in [0, 0.05) is 60.4 Å². The van der Waals surface area contributed by atoms with E-state index >= 15 is 0 Å². The molecule has 0 saturated carbocycles. The SMILES string of the molecule is Fc1ccc2c(ccn2-c2cc(Cl)c3c(c2)CN(Cc2cncnc2)CCO3)c1. The van der Waals surface area contributed by atoms with Crippen molar-refractivity contribution in [3.63, 3.8) is 0 Å². The highest BCUT2D eigenvalue weighted by molar-refractivity contribution is 6.32. The van der Waals surface area contributed by atoms with E-state index < -0.39 is 0 Å². The van der Waals surface area contributed by atoms with Crippen molar-refractivity contribution in [2.75, 3.05) is 13.2 Å². The van der Waals surface area contributed by atoms with Crippen molar-refractivity contribution < 1.29 is 9.13 Å². The summed E-state index contributed by atoms with van der Waals surface area (Å²) < 4.78 is 21.5. The maximum Gasteiger partial charge on any atom is 0.142 e. The second-order valence-electron chi connectivity index (χ2n) is 7.11. The van der Waals surface area contributed by atoms with E-state index in [2.05, 4.69) is 20.9 Å². The highest BCUT2D eigenvalue weighted by Crippen LogP contribution is 2.35. The minimum Gasteiger partial charge on any atom is -0.490 e. The van der Waals surface area contributed by atoms with E-state index in [1.807, 2.05) is 35.3 Å². The molecule has 0 bridgehead atoms. The molecule has 7 heteroatoms. The number of rotatable bonds is 3. The summed E-state index contributed by atoms with van der Waals surface area (Å²) in [6.45, 7) is 2.77. The lowest BCUT2D eigenvalue weighted by atomic mass is 10.1. The van der Waals surface area contributed by atoms with Gasteiger partial charge in [0.1, 0.15) is 24.5 Å². The van der Waals surface area contributed by atoms with Crippen molar-refractivity contribution in [2.24, 2.45) is 0 Å². The molecule has 1 aliphatic rings. The number of halogens is 2. The summed E-state index contributed by atoms with van der Waals surface area (Å²) >= 11 is 6.58. The molecular weight excluding hydrogens is 391 g/mol. The fourth-order valence-electron chi connectivity index (χ4n) is 3.79. The van der Waals surface area contributed by atoms with E-state index in [1.54, 1.807) is 6.07 Å². The Bertz CT molecular complexity index is 1180. The number of benzene rings is 2. The molecule has 2 aromatic carbocycles. The largest absolute Gasteiger partial charge is 0.490 e. The third kappa shape index (κ3) is 3.57. The molecule has 4 aromatic rings. The van der Waals surface area contributed by atoms with Crippen LogP contribution in [0.15, 0.2) is 61.3 Å². The van der Waals surface area contributed by atoms with Crippen LogP contribution in [0.4, 0.5) is 4.39 Å². The number of ether oxygens (including phenoxy) is 1. The average Bonchev–Trinajstić information content (AvgIpc) is 3.02. The smallest absolute Gasteiger partial charge is 0.142 e. The predicted molar refractivity (Wildman–Crippen MR) is 110 cm³/mol. The van der Waals surface area contributed by atoms with Crippen molar-refractivity contribution in [2.45, 2.75) is 13.1 Å². The van der Waals surface area contributed by atoms with Gasteiger partial charge in [-0.05, 0) is 36.4 Å². The molecule has 5 nitrogen and oxygen atoms in total. The van der Waals surface area contributed by atoms with Crippen molar-refractivity contribution in [3.05, 3.63) is 83.3 Å². The average molecular weight is 409 g/mol. The molecule has 0 saturated heterocycles. The number of hydrogen-bond donors (Lipinski definition) is 0. The predicted octanol–water partition coefficient (Wildman–Crippen LogP) is 4.61. The van der Waals surface area contributed by atoms with Crippen molar-refractivity contribution in [1.82, 2.24) is 19.4 Å². The van der Waals surface area contributed by atoms with Gasteiger partial charge < -0.3 is 9.30 Å². The first-order valence-corrected chi connectivity index (χ1v) is 9.73. The molecule has 2 aromatic heterocycles. The normalized spacial score (nSPS) is 14.4. The molecular formula is C22H18ClFN4O. The quantitative estimate of drug-likeness (QED) is 0.496. The highest BCUT2D eigenvalue weighted by Gasteiger charge is 2.20. The van der Waals surface area contributed by atoms with Gasteiger partial charge in [-0.3, -0.25) is 4.90 Å². The van der Waals surface area contributed by atoms with Crippen LogP contribution in [0, 0.1) is 5.82 Å². The summed E-state index contributed by atoms with van der Waals surface area (Å²) in [6, 6.07) is 10.7. The molecule has 0 N–H and O–H groups in total. The number of nitrogens with zero attached hydrogens (tertiary/aromatic N) is 4. The van der Waals surface area contributed by atoms with Gasteiger partial charge in [0.25, 0.3) is 0 Å². The molecule has 0 unspecified atom stereocenters. The molecule has 1 aliphatic heterocycles. The van der Waals surface area contributed by atoms with Crippen LogP contribution in [0.2, 0.25) is 5.02 Å². The van der Waals surface area contributed by atoms with Crippen LogP contribution in [-0.2, 0) is 13.1 Å². The van der Waals surface area contributed by atoms with Gasteiger partial charge in [-0.15, -0.1) is 0 Å². The molecule has 0 aliphatic carbocycles. The second kappa shape index (κ2) is 7.46. The topological polar surface area (TPSA) is 43.2 Å². The van der Waals surface area contributed by atoms with E-state index in [4.69, 9.17) is 16.3 Å². The number of aromatic nitrogens is 3. The van der Waals surface area contributed by atoms with Crippen LogP contribution >= 0.6 is 11.6 Å². The van der Waals surface area contributed by atoms with Gasteiger partial charge in [0.2, 0.25) is 0 Å². The Morgan fingerprint density at radius 3 is 2.83 bits per heavy atom. The second-order valence-corrected chi connectivity index (χ2v) is 7.52. The fraction of sp³-hybridized carbons (Fsp3) is 0.182. The minimum absolute atomic E-state index is 0.246. The van der Waals surface area contributed by atoms with Gasteiger partial charge in [-0.25, -0.2) is 14.4 Å². The first kappa shape index (κ1) is 18.1. The Morgan fingerprint density at radius 1 is 1.10 bits per heavy atom. The standard InChI is InChI=1S/C22H18ClFN4O/c23-20-9-19(28-4-3-16-7-18(24)1-2-21(16)28)8-17-13-27(5-6-29-22(17)20)12-15-10-25-14-26-11-15/h1-4,7-11,14H,5-6,12-13H2. The van der Waals surface area contributed by atoms with Crippen molar-refractivity contribution in [3.8, 4) is 11.4 Å². The first-order valence-electron chi connectivity index (χ1n) is 9.36. The zero-order chi connectivity index (χ0) is 19.8. The lowest BCUT2D eigenvalue weighted by molar-refractivity contribution is 0.219. The van der Waals surface area contributed by atoms with Crippen LogP contribution in [0.5, 0.6) is 5.75 Å². The molecule has 0 radical (unpaired) electrons. The zero-order valence-electron chi connectivity index (χ0n) is 15.6. The van der Waals surface area contributed by atoms with E-state index in [0.717, 1.165) is 46.6 Å². The van der Waals surface area contributed by atoms with E-state index in [-0.39, 0.29) is 5.82 Å².